The van der Waals surface area contributed by atoms with Crippen LogP contribution < -0.4 is 9.80 Å². The molecule has 2 saturated heterocycles. The second-order valence-corrected chi connectivity index (χ2v) is 9.32. The predicted octanol–water partition coefficient (Wildman–Crippen LogP) is 1.27. The van der Waals surface area contributed by atoms with Crippen molar-refractivity contribution in [2.24, 2.45) is 0 Å². The molecule has 2 fully saturated rings. The van der Waals surface area contributed by atoms with Gasteiger partial charge in [-0.2, -0.15) is 8.78 Å². The Bertz CT molecular complexity index is 1050. The van der Waals surface area contributed by atoms with Crippen LogP contribution in [0.5, 0.6) is 0 Å². The van der Waals surface area contributed by atoms with Gasteiger partial charge >= 0.3 is 5.76 Å². The van der Waals surface area contributed by atoms with Crippen LogP contribution in [0.1, 0.15) is 10.4 Å². The van der Waals surface area contributed by atoms with Crippen molar-refractivity contribution in [1.82, 2.24) is 15.1 Å². The number of anilines is 2. The number of ether oxygens (including phenoxy) is 1. The van der Waals surface area contributed by atoms with Crippen LogP contribution in [0, 0.1) is 0 Å². The Morgan fingerprint density at radius 1 is 0.875 bits per heavy atom. The first-order valence-corrected chi connectivity index (χ1v) is 11.7. The number of rotatable bonds is 5. The van der Waals surface area contributed by atoms with E-state index in [1.54, 1.807) is 0 Å². The van der Waals surface area contributed by atoms with Gasteiger partial charge in [-0.3, -0.25) is 4.79 Å². The highest BCUT2D eigenvalue weighted by atomic mass is 32.2. The fourth-order valence-electron chi connectivity index (χ4n) is 3.74. The van der Waals surface area contributed by atoms with Crippen LogP contribution in [0.25, 0.3) is 0 Å². The van der Waals surface area contributed by atoms with Crippen molar-refractivity contribution in [3.8, 4) is 0 Å². The molecule has 3 heterocycles. The SMILES string of the molecule is O=C(c1ccccc1S(=O)(=O)C(F)F)N1CCN(c2ccc(N3CCOCC3)nn2)CC1. The lowest BCUT2D eigenvalue weighted by Gasteiger charge is -2.35. The molecular weight excluding hydrogens is 444 g/mol. The van der Waals surface area contributed by atoms with E-state index in [2.05, 4.69) is 15.1 Å². The smallest absolute Gasteiger partial charge is 0.341 e. The predicted molar refractivity (Wildman–Crippen MR) is 113 cm³/mol. The van der Waals surface area contributed by atoms with Gasteiger partial charge in [-0.25, -0.2) is 8.42 Å². The van der Waals surface area contributed by atoms with E-state index in [9.17, 15) is 22.0 Å². The summed E-state index contributed by atoms with van der Waals surface area (Å²) < 4.78 is 55.3. The molecule has 0 spiro atoms. The Labute approximate surface area is 184 Å². The van der Waals surface area contributed by atoms with Gasteiger partial charge in [0.1, 0.15) is 0 Å². The topological polar surface area (TPSA) is 95.9 Å². The fourth-order valence-corrected chi connectivity index (χ4v) is 4.67. The molecule has 2 aliphatic rings. The number of alkyl halides is 2. The lowest BCUT2D eigenvalue weighted by atomic mass is 10.2. The lowest BCUT2D eigenvalue weighted by Crippen LogP contribution is -2.49. The maximum Gasteiger partial charge on any atom is 0.341 e. The van der Waals surface area contributed by atoms with Crippen molar-refractivity contribution >= 4 is 27.4 Å². The summed E-state index contributed by atoms with van der Waals surface area (Å²) in [7, 11) is -4.88. The zero-order chi connectivity index (χ0) is 22.7. The van der Waals surface area contributed by atoms with Crippen LogP contribution in [0.2, 0.25) is 0 Å². The average Bonchev–Trinajstić information content (AvgIpc) is 2.84. The molecule has 0 radical (unpaired) electrons. The summed E-state index contributed by atoms with van der Waals surface area (Å²) in [4.78, 5) is 17.8. The molecule has 0 saturated carbocycles. The largest absolute Gasteiger partial charge is 0.378 e. The monoisotopic (exact) mass is 467 g/mol. The third kappa shape index (κ3) is 4.51. The molecule has 0 unspecified atom stereocenters. The standard InChI is InChI=1S/C20H23F2N5O4S/c21-20(22)32(29,30)16-4-2-1-3-15(16)19(28)27-9-7-25(8-10-27)17-5-6-18(24-23-17)26-11-13-31-14-12-26/h1-6,20H,7-14H2. The zero-order valence-electron chi connectivity index (χ0n) is 17.2. The van der Waals surface area contributed by atoms with Crippen LogP contribution in [-0.4, -0.2) is 87.7 Å². The summed E-state index contributed by atoms with van der Waals surface area (Å²) in [6.45, 7) is 4.35. The number of carbonyl (C=O) groups excluding carboxylic acids is 1. The summed E-state index contributed by atoms with van der Waals surface area (Å²) in [6.07, 6.45) is 0. The summed E-state index contributed by atoms with van der Waals surface area (Å²) in [6, 6.07) is 8.86. The first-order valence-electron chi connectivity index (χ1n) is 10.2. The quantitative estimate of drug-likeness (QED) is 0.649. The molecule has 0 bridgehead atoms. The number of aromatic nitrogens is 2. The Kier molecular flexibility index (Phi) is 6.51. The summed E-state index contributed by atoms with van der Waals surface area (Å²) in [5.41, 5.74) is -0.240. The van der Waals surface area contributed by atoms with Crippen LogP contribution >= 0.6 is 0 Å². The van der Waals surface area contributed by atoms with E-state index in [0.29, 0.717) is 45.2 Å². The first kappa shape index (κ1) is 22.3. The average molecular weight is 467 g/mol. The number of amides is 1. The third-order valence-corrected chi connectivity index (χ3v) is 6.96. The van der Waals surface area contributed by atoms with Gasteiger partial charge in [0.05, 0.1) is 23.7 Å². The van der Waals surface area contributed by atoms with Crippen molar-refractivity contribution in [2.75, 3.05) is 62.3 Å². The van der Waals surface area contributed by atoms with Gasteiger partial charge in [0.2, 0.25) is 9.84 Å². The number of piperazine rings is 1. The van der Waals surface area contributed by atoms with Gasteiger partial charge in [-0.05, 0) is 24.3 Å². The number of sulfone groups is 1. The second-order valence-electron chi connectivity index (χ2n) is 7.43. The Morgan fingerprint density at radius 2 is 1.44 bits per heavy atom. The van der Waals surface area contributed by atoms with Crippen molar-refractivity contribution in [3.05, 3.63) is 42.0 Å². The van der Waals surface area contributed by atoms with Crippen LogP contribution in [-0.2, 0) is 14.6 Å². The Balaban J connectivity index is 1.42. The molecule has 2 aromatic rings. The van der Waals surface area contributed by atoms with Crippen molar-refractivity contribution in [2.45, 2.75) is 10.7 Å². The number of morpholine rings is 1. The summed E-state index contributed by atoms with van der Waals surface area (Å²) in [5, 5.41) is 8.59. The molecule has 0 aliphatic carbocycles. The minimum Gasteiger partial charge on any atom is -0.378 e. The molecule has 32 heavy (non-hydrogen) atoms. The number of halogens is 2. The van der Waals surface area contributed by atoms with Gasteiger partial charge in [-0.15, -0.1) is 10.2 Å². The van der Waals surface area contributed by atoms with Crippen LogP contribution in [0.4, 0.5) is 20.4 Å². The van der Waals surface area contributed by atoms with Gasteiger partial charge in [0.15, 0.2) is 11.6 Å². The van der Waals surface area contributed by atoms with Crippen LogP contribution in [0.3, 0.4) is 0 Å². The molecule has 2 aliphatic heterocycles. The van der Waals surface area contributed by atoms with E-state index in [0.717, 1.165) is 25.0 Å². The molecule has 4 rings (SSSR count). The van der Waals surface area contributed by atoms with Crippen molar-refractivity contribution in [1.29, 1.82) is 0 Å². The van der Waals surface area contributed by atoms with E-state index in [1.165, 1.54) is 23.1 Å². The minimum atomic E-state index is -4.88. The maximum atomic E-state index is 13.0. The highest BCUT2D eigenvalue weighted by Gasteiger charge is 2.33. The number of carbonyl (C=O) groups is 1. The van der Waals surface area contributed by atoms with E-state index >= 15 is 0 Å². The number of hydrogen-bond acceptors (Lipinski definition) is 8. The molecule has 1 aromatic heterocycles. The second kappa shape index (κ2) is 9.33. The first-order chi connectivity index (χ1) is 15.4. The fraction of sp³-hybridized carbons (Fsp3) is 0.450. The normalized spacial score (nSPS) is 17.7. The maximum absolute atomic E-state index is 13.0. The molecule has 172 valence electrons. The summed E-state index contributed by atoms with van der Waals surface area (Å²) in [5.74, 6) is -2.72. The van der Waals surface area contributed by atoms with E-state index in [-0.39, 0.29) is 5.56 Å². The van der Waals surface area contributed by atoms with Gasteiger partial charge < -0.3 is 19.4 Å². The third-order valence-electron chi connectivity index (χ3n) is 5.52. The number of nitrogens with zero attached hydrogens (tertiary/aromatic N) is 5. The molecule has 1 amide bonds. The molecule has 0 N–H and O–H groups in total. The van der Waals surface area contributed by atoms with Crippen molar-refractivity contribution < 1.29 is 26.7 Å². The van der Waals surface area contributed by atoms with Crippen molar-refractivity contribution in [3.63, 3.8) is 0 Å². The van der Waals surface area contributed by atoms with E-state index < -0.39 is 26.4 Å². The minimum absolute atomic E-state index is 0.240. The number of hydrogen-bond donors (Lipinski definition) is 0. The van der Waals surface area contributed by atoms with Gasteiger partial charge in [0, 0.05) is 39.3 Å². The molecular formula is C20H23F2N5O4S. The van der Waals surface area contributed by atoms with Gasteiger partial charge in [0.25, 0.3) is 5.91 Å². The molecule has 1 aromatic carbocycles. The van der Waals surface area contributed by atoms with E-state index in [1.807, 2.05) is 17.0 Å². The zero-order valence-corrected chi connectivity index (χ0v) is 18.0. The highest BCUT2D eigenvalue weighted by Crippen LogP contribution is 2.24. The highest BCUT2D eigenvalue weighted by molar-refractivity contribution is 7.91. The van der Waals surface area contributed by atoms with E-state index in [4.69, 9.17) is 4.74 Å². The Hall–Kier alpha value is -2.86. The lowest BCUT2D eigenvalue weighted by molar-refractivity contribution is 0.0742. The molecule has 12 heteroatoms. The summed E-state index contributed by atoms with van der Waals surface area (Å²) >= 11 is 0. The molecule has 9 nitrogen and oxygen atoms in total. The van der Waals surface area contributed by atoms with Gasteiger partial charge in [-0.1, -0.05) is 12.1 Å². The Morgan fingerprint density at radius 3 is 2.00 bits per heavy atom. The molecule has 0 atom stereocenters. The number of benzene rings is 1. The van der Waals surface area contributed by atoms with Crippen LogP contribution in [0.15, 0.2) is 41.3 Å².